The number of non-ortho nitro benzene ring substituents is 1. The van der Waals surface area contributed by atoms with Crippen molar-refractivity contribution in [1.29, 1.82) is 0 Å². The minimum Gasteiger partial charge on any atom is -0.478 e. The Balaban J connectivity index is 1.60. The Hall–Kier alpha value is -4.32. The zero-order valence-electron chi connectivity index (χ0n) is 18.0. The highest BCUT2D eigenvalue weighted by Gasteiger charge is 2.17. The molecule has 4 N–H and O–H groups in total. The fourth-order valence-electron chi connectivity index (χ4n) is 3.12. The molecule has 3 aromatic rings. The molecule has 34 heavy (non-hydrogen) atoms. The molecule has 3 rings (SSSR count). The molecule has 0 aliphatic heterocycles. The van der Waals surface area contributed by atoms with E-state index in [-0.39, 0.29) is 30.0 Å². The summed E-state index contributed by atoms with van der Waals surface area (Å²) in [6, 6.07) is 15.2. The lowest BCUT2D eigenvalue weighted by Crippen LogP contribution is -2.16. The lowest BCUT2D eigenvalue weighted by molar-refractivity contribution is -0.385. The SMILES string of the molecule is Cc1ccc(C(=O)Nc2ccc(NOCc3ccc([N+](=O)[O-])cc3COO)cc2)c(C(=O)O)c1. The average Bonchev–Trinajstić information content (AvgIpc) is 2.81. The molecule has 0 bridgehead atoms. The molecule has 0 saturated heterocycles. The van der Waals surface area contributed by atoms with Crippen LogP contribution < -0.4 is 10.8 Å². The van der Waals surface area contributed by atoms with Crippen molar-refractivity contribution >= 4 is 28.9 Å². The standard InChI is InChI=1S/C23H21N3O8/c1-14-2-9-20(21(10-14)23(28)29)22(27)24-17-4-6-18(7-5-17)25-33-12-15-3-8-19(26(30)31)11-16(15)13-34-32/h2-11,25,32H,12-13H2,1H3,(H,24,27)(H,28,29). The van der Waals surface area contributed by atoms with Gasteiger partial charge in [-0.2, -0.15) is 0 Å². The number of carbonyl (C=O) groups excluding carboxylic acids is 1. The third-order valence-electron chi connectivity index (χ3n) is 4.83. The maximum absolute atomic E-state index is 12.5. The molecule has 0 radical (unpaired) electrons. The lowest BCUT2D eigenvalue weighted by atomic mass is 10.0. The minimum absolute atomic E-state index is 0.0283. The summed E-state index contributed by atoms with van der Waals surface area (Å²) in [7, 11) is 0. The molecule has 0 heterocycles. The highest BCUT2D eigenvalue weighted by Crippen LogP contribution is 2.21. The van der Waals surface area contributed by atoms with Crippen LogP contribution >= 0.6 is 0 Å². The van der Waals surface area contributed by atoms with Crippen molar-refractivity contribution in [3.05, 3.63) is 98.6 Å². The molecular formula is C23H21N3O8. The first kappa shape index (κ1) is 24.3. The Bertz CT molecular complexity index is 1210. The third-order valence-corrected chi connectivity index (χ3v) is 4.83. The number of nitro benzene ring substituents is 1. The monoisotopic (exact) mass is 467 g/mol. The number of hydrogen-bond donors (Lipinski definition) is 4. The summed E-state index contributed by atoms with van der Waals surface area (Å²) in [4.78, 5) is 43.9. The molecule has 11 heteroatoms. The van der Waals surface area contributed by atoms with Crippen LogP contribution in [0.4, 0.5) is 17.1 Å². The van der Waals surface area contributed by atoms with Crippen LogP contribution in [0.5, 0.6) is 0 Å². The quantitative estimate of drug-likeness (QED) is 0.193. The first-order chi connectivity index (χ1) is 16.3. The third kappa shape index (κ3) is 6.13. The van der Waals surface area contributed by atoms with Gasteiger partial charge in [0.1, 0.15) is 6.61 Å². The van der Waals surface area contributed by atoms with E-state index in [0.29, 0.717) is 22.5 Å². The van der Waals surface area contributed by atoms with Crippen molar-refractivity contribution in [3.63, 3.8) is 0 Å². The van der Waals surface area contributed by atoms with Gasteiger partial charge in [-0.25, -0.2) is 9.68 Å². The molecule has 11 nitrogen and oxygen atoms in total. The molecule has 0 aliphatic rings. The Morgan fingerprint density at radius 3 is 2.29 bits per heavy atom. The van der Waals surface area contributed by atoms with Crippen LogP contribution in [0.25, 0.3) is 0 Å². The summed E-state index contributed by atoms with van der Waals surface area (Å²) in [5.74, 6) is -1.74. The zero-order valence-corrected chi connectivity index (χ0v) is 18.0. The number of carbonyl (C=O) groups is 2. The summed E-state index contributed by atoms with van der Waals surface area (Å²) >= 11 is 0. The van der Waals surface area contributed by atoms with Gasteiger partial charge in [0, 0.05) is 17.8 Å². The number of anilines is 2. The van der Waals surface area contributed by atoms with Crippen LogP contribution in [0.15, 0.2) is 60.7 Å². The van der Waals surface area contributed by atoms with Gasteiger partial charge in [0.2, 0.25) is 0 Å². The second kappa shape index (κ2) is 11.0. The summed E-state index contributed by atoms with van der Waals surface area (Å²) in [6.07, 6.45) is 0. The van der Waals surface area contributed by atoms with E-state index in [1.807, 2.05) is 0 Å². The number of aryl methyl sites for hydroxylation is 1. The van der Waals surface area contributed by atoms with Gasteiger partial charge in [-0.3, -0.25) is 30.5 Å². The fraction of sp³-hybridized carbons (Fsp3) is 0.130. The largest absolute Gasteiger partial charge is 0.478 e. The molecule has 0 atom stereocenters. The number of carboxylic acids is 1. The van der Waals surface area contributed by atoms with Crippen molar-refractivity contribution in [1.82, 2.24) is 0 Å². The van der Waals surface area contributed by atoms with Crippen LogP contribution in [-0.4, -0.2) is 27.2 Å². The van der Waals surface area contributed by atoms with E-state index in [4.69, 9.17) is 10.1 Å². The molecular weight excluding hydrogens is 446 g/mol. The topological polar surface area (TPSA) is 160 Å². The molecule has 0 fully saturated rings. The molecule has 3 aromatic carbocycles. The number of amides is 1. The molecule has 0 spiro atoms. The van der Waals surface area contributed by atoms with E-state index < -0.39 is 16.8 Å². The zero-order chi connectivity index (χ0) is 24.7. The fourth-order valence-corrected chi connectivity index (χ4v) is 3.12. The summed E-state index contributed by atoms with van der Waals surface area (Å²) in [6.45, 7) is 1.53. The first-order valence-electron chi connectivity index (χ1n) is 9.94. The Kier molecular flexibility index (Phi) is 7.88. The van der Waals surface area contributed by atoms with Gasteiger partial charge < -0.3 is 10.4 Å². The van der Waals surface area contributed by atoms with Crippen molar-refractivity contribution in [3.8, 4) is 0 Å². The number of rotatable bonds is 10. The summed E-state index contributed by atoms with van der Waals surface area (Å²) < 4.78 is 0. The van der Waals surface area contributed by atoms with Crippen LogP contribution in [-0.2, 0) is 22.9 Å². The Morgan fingerprint density at radius 2 is 1.65 bits per heavy atom. The molecule has 176 valence electrons. The summed E-state index contributed by atoms with van der Waals surface area (Å²) in [5.41, 5.74) is 5.25. The number of aromatic carboxylic acids is 1. The van der Waals surface area contributed by atoms with E-state index in [1.54, 1.807) is 37.3 Å². The van der Waals surface area contributed by atoms with Crippen molar-refractivity contribution in [2.45, 2.75) is 20.1 Å². The Morgan fingerprint density at radius 1 is 0.941 bits per heavy atom. The predicted molar refractivity (Wildman–Crippen MR) is 121 cm³/mol. The second-order valence-corrected chi connectivity index (χ2v) is 7.26. The van der Waals surface area contributed by atoms with E-state index in [2.05, 4.69) is 15.7 Å². The number of benzene rings is 3. The van der Waals surface area contributed by atoms with E-state index in [1.165, 1.54) is 30.3 Å². The van der Waals surface area contributed by atoms with Gasteiger partial charge >= 0.3 is 5.97 Å². The van der Waals surface area contributed by atoms with Gasteiger partial charge in [0.05, 0.1) is 28.3 Å². The predicted octanol–water partition coefficient (Wildman–Crippen LogP) is 4.39. The molecule has 0 aromatic heterocycles. The van der Waals surface area contributed by atoms with Crippen LogP contribution in [0.3, 0.4) is 0 Å². The molecule has 1 amide bonds. The number of nitrogens with zero attached hydrogens (tertiary/aromatic N) is 1. The highest BCUT2D eigenvalue weighted by atomic mass is 17.1. The highest BCUT2D eigenvalue weighted by molar-refractivity contribution is 6.10. The Labute approximate surface area is 193 Å². The van der Waals surface area contributed by atoms with Crippen LogP contribution in [0, 0.1) is 17.0 Å². The van der Waals surface area contributed by atoms with Crippen molar-refractivity contribution < 1.29 is 34.6 Å². The smallest absolute Gasteiger partial charge is 0.336 e. The van der Waals surface area contributed by atoms with Gasteiger partial charge in [0.25, 0.3) is 11.6 Å². The summed E-state index contributed by atoms with van der Waals surface area (Å²) in [5, 5.41) is 31.6. The number of hydrogen-bond acceptors (Lipinski definition) is 8. The minimum atomic E-state index is -1.19. The number of nitrogens with one attached hydrogen (secondary N) is 2. The van der Waals surface area contributed by atoms with E-state index >= 15 is 0 Å². The second-order valence-electron chi connectivity index (χ2n) is 7.26. The van der Waals surface area contributed by atoms with Crippen molar-refractivity contribution in [2.75, 3.05) is 10.8 Å². The van der Waals surface area contributed by atoms with E-state index in [9.17, 15) is 24.8 Å². The number of nitro groups is 1. The molecule has 0 aliphatic carbocycles. The molecule has 0 unspecified atom stereocenters. The van der Waals surface area contributed by atoms with Gasteiger partial charge in [0.15, 0.2) is 0 Å². The maximum atomic E-state index is 12.5. The van der Waals surface area contributed by atoms with Gasteiger partial charge in [-0.05, 0) is 60.5 Å². The van der Waals surface area contributed by atoms with Crippen LogP contribution in [0.1, 0.15) is 37.4 Å². The van der Waals surface area contributed by atoms with E-state index in [0.717, 1.165) is 5.56 Å². The average molecular weight is 467 g/mol. The van der Waals surface area contributed by atoms with Crippen LogP contribution in [0.2, 0.25) is 0 Å². The van der Waals surface area contributed by atoms with Gasteiger partial charge in [-0.1, -0.05) is 11.6 Å². The van der Waals surface area contributed by atoms with Gasteiger partial charge in [-0.15, -0.1) is 0 Å². The van der Waals surface area contributed by atoms with Crippen molar-refractivity contribution in [2.24, 2.45) is 0 Å². The number of carboxylic acid groups (broad SMARTS) is 1. The normalized spacial score (nSPS) is 10.5. The molecule has 0 saturated carbocycles. The maximum Gasteiger partial charge on any atom is 0.336 e. The first-order valence-corrected chi connectivity index (χ1v) is 9.94. The lowest BCUT2D eigenvalue weighted by Gasteiger charge is -2.12.